The van der Waals surface area contributed by atoms with Crippen LogP contribution in [0.1, 0.15) is 43.8 Å². The number of aliphatic hydroxyl groups is 1. The van der Waals surface area contributed by atoms with Gasteiger partial charge in [-0.25, -0.2) is 0 Å². The van der Waals surface area contributed by atoms with Gasteiger partial charge in [0.25, 0.3) is 0 Å². The summed E-state index contributed by atoms with van der Waals surface area (Å²) in [5.41, 5.74) is 0.843. The lowest BCUT2D eigenvalue weighted by Crippen LogP contribution is -2.29. The van der Waals surface area contributed by atoms with Crippen molar-refractivity contribution in [2.45, 2.75) is 44.2 Å². The number of hydrogen-bond acceptors (Lipinski definition) is 2. The zero-order valence-electron chi connectivity index (χ0n) is 10.3. The zero-order valence-corrected chi connectivity index (χ0v) is 11.8. The smallest absolute Gasteiger partial charge is 0.0805 e. The van der Waals surface area contributed by atoms with Crippen LogP contribution in [0, 0.1) is 0 Å². The monoisotopic (exact) mass is 287 g/mol. The highest BCUT2D eigenvalue weighted by Crippen LogP contribution is 2.28. The Kier molecular flexibility index (Phi) is 5.31. The van der Waals surface area contributed by atoms with Gasteiger partial charge in [0.2, 0.25) is 0 Å². The van der Waals surface area contributed by atoms with Crippen molar-refractivity contribution in [3.8, 4) is 0 Å². The van der Waals surface area contributed by atoms with Gasteiger partial charge in [-0.2, -0.15) is 0 Å². The molecule has 4 heteroatoms. The molecule has 2 unspecified atom stereocenters. The van der Waals surface area contributed by atoms with E-state index in [1.165, 1.54) is 19.3 Å². The minimum atomic E-state index is -0.477. The van der Waals surface area contributed by atoms with Crippen LogP contribution in [0.3, 0.4) is 0 Å². The quantitative estimate of drug-likeness (QED) is 0.882. The van der Waals surface area contributed by atoms with Gasteiger partial charge in [-0.3, -0.25) is 0 Å². The molecule has 0 bridgehead atoms. The molecule has 2 rings (SSSR count). The summed E-state index contributed by atoms with van der Waals surface area (Å²) in [7, 11) is 0. The van der Waals surface area contributed by atoms with Crippen LogP contribution in [0.2, 0.25) is 10.0 Å². The highest BCUT2D eigenvalue weighted by atomic mass is 35.5. The first kappa shape index (κ1) is 14.1. The molecular formula is C14H19Cl2NO. The van der Waals surface area contributed by atoms with Crippen molar-refractivity contribution in [3.63, 3.8) is 0 Å². The number of benzene rings is 1. The minimum absolute atomic E-state index is 0.400. The second-order valence-electron chi connectivity index (χ2n) is 4.93. The molecule has 1 aromatic rings. The molecule has 18 heavy (non-hydrogen) atoms. The van der Waals surface area contributed by atoms with Crippen LogP contribution in [0.5, 0.6) is 0 Å². The van der Waals surface area contributed by atoms with E-state index in [4.69, 9.17) is 23.2 Å². The number of hydrogen-bond donors (Lipinski definition) is 2. The molecule has 2 atom stereocenters. The first-order chi connectivity index (χ1) is 8.66. The van der Waals surface area contributed by atoms with Crippen molar-refractivity contribution < 1.29 is 5.11 Å². The molecule has 0 aromatic heterocycles. The molecule has 1 aliphatic rings. The fraction of sp³-hybridized carbons (Fsp3) is 0.571. The normalized spacial score (nSPS) is 22.5. The van der Waals surface area contributed by atoms with Crippen molar-refractivity contribution >= 4 is 23.2 Å². The van der Waals surface area contributed by atoms with Gasteiger partial charge < -0.3 is 10.4 Å². The third-order valence-electron chi connectivity index (χ3n) is 3.50. The van der Waals surface area contributed by atoms with Gasteiger partial charge in [0.15, 0.2) is 0 Å². The second-order valence-corrected chi connectivity index (χ2v) is 5.74. The molecule has 2 nitrogen and oxygen atoms in total. The van der Waals surface area contributed by atoms with Crippen molar-refractivity contribution in [2.75, 3.05) is 6.54 Å². The molecule has 0 aliphatic carbocycles. The first-order valence-electron chi connectivity index (χ1n) is 6.53. The van der Waals surface area contributed by atoms with Gasteiger partial charge in [-0.05, 0) is 43.5 Å². The van der Waals surface area contributed by atoms with E-state index in [0.717, 1.165) is 24.9 Å². The van der Waals surface area contributed by atoms with E-state index < -0.39 is 6.10 Å². The van der Waals surface area contributed by atoms with E-state index in [1.54, 1.807) is 12.1 Å². The van der Waals surface area contributed by atoms with Crippen molar-refractivity contribution in [3.05, 3.63) is 33.8 Å². The zero-order chi connectivity index (χ0) is 13.0. The maximum absolute atomic E-state index is 10.2. The van der Waals surface area contributed by atoms with Gasteiger partial charge in [-0.15, -0.1) is 0 Å². The molecular weight excluding hydrogens is 269 g/mol. The predicted octanol–water partition coefficient (Wildman–Crippen LogP) is 3.95. The Balaban J connectivity index is 1.97. The van der Waals surface area contributed by atoms with Gasteiger partial charge in [0, 0.05) is 6.04 Å². The maximum atomic E-state index is 10.2. The topological polar surface area (TPSA) is 32.3 Å². The fourth-order valence-corrected chi connectivity index (χ4v) is 2.73. The van der Waals surface area contributed by atoms with Crippen LogP contribution >= 0.6 is 23.2 Å². The van der Waals surface area contributed by atoms with Gasteiger partial charge in [0.1, 0.15) is 0 Å². The molecule has 1 heterocycles. The summed E-state index contributed by atoms with van der Waals surface area (Å²) < 4.78 is 0. The molecule has 0 radical (unpaired) electrons. The Bertz CT molecular complexity index is 389. The van der Waals surface area contributed by atoms with Crippen LogP contribution in [0.25, 0.3) is 0 Å². The number of rotatable bonds is 3. The third-order valence-corrected chi connectivity index (χ3v) is 4.24. The molecule has 100 valence electrons. The van der Waals surface area contributed by atoms with Crippen LogP contribution in [0.15, 0.2) is 18.2 Å². The molecule has 1 aromatic carbocycles. The second kappa shape index (κ2) is 6.76. The summed E-state index contributed by atoms with van der Waals surface area (Å²) in [4.78, 5) is 0. The van der Waals surface area contributed by atoms with Crippen LogP contribution in [-0.2, 0) is 0 Å². The largest absolute Gasteiger partial charge is 0.388 e. The molecule has 1 aliphatic heterocycles. The minimum Gasteiger partial charge on any atom is -0.388 e. The maximum Gasteiger partial charge on any atom is 0.0805 e. The number of halogens is 2. The molecule has 0 amide bonds. The summed E-state index contributed by atoms with van der Waals surface area (Å²) in [5, 5.41) is 14.8. The van der Waals surface area contributed by atoms with Crippen molar-refractivity contribution in [1.29, 1.82) is 0 Å². The Morgan fingerprint density at radius 1 is 1.22 bits per heavy atom. The lowest BCUT2D eigenvalue weighted by molar-refractivity contribution is 0.150. The third kappa shape index (κ3) is 3.86. The Labute approximate surface area is 118 Å². The number of nitrogens with one attached hydrogen (secondary N) is 1. The van der Waals surface area contributed by atoms with Crippen molar-refractivity contribution in [2.24, 2.45) is 0 Å². The summed E-state index contributed by atoms with van der Waals surface area (Å²) in [5.74, 6) is 0. The van der Waals surface area contributed by atoms with E-state index in [-0.39, 0.29) is 0 Å². The summed E-state index contributed by atoms with van der Waals surface area (Å²) in [6, 6.07) is 5.74. The molecule has 2 N–H and O–H groups in total. The summed E-state index contributed by atoms with van der Waals surface area (Å²) in [6.07, 6.45) is 5.16. The molecule has 0 spiro atoms. The molecule has 1 fully saturated rings. The SMILES string of the molecule is OC(CC1CCCCCN1)c1ccc(Cl)c(Cl)c1. The van der Waals surface area contributed by atoms with Gasteiger partial charge in [0.05, 0.1) is 16.1 Å². The number of aliphatic hydroxyl groups excluding tert-OH is 1. The standard InChI is InChI=1S/C14H19Cl2NO/c15-12-6-5-10(8-13(12)16)14(18)9-11-4-2-1-3-7-17-11/h5-6,8,11,14,17-18H,1-4,7,9H2. The van der Waals surface area contributed by atoms with Crippen molar-refractivity contribution in [1.82, 2.24) is 5.32 Å². The van der Waals surface area contributed by atoms with E-state index in [2.05, 4.69) is 5.32 Å². The van der Waals surface area contributed by atoms with Crippen LogP contribution in [0.4, 0.5) is 0 Å². The average Bonchev–Trinajstić information content (AvgIpc) is 2.61. The van der Waals surface area contributed by atoms with Gasteiger partial charge in [-0.1, -0.05) is 42.1 Å². The molecule has 0 saturated carbocycles. The highest BCUT2D eigenvalue weighted by molar-refractivity contribution is 6.42. The Hall–Kier alpha value is -0.280. The van der Waals surface area contributed by atoms with Gasteiger partial charge >= 0.3 is 0 Å². The fourth-order valence-electron chi connectivity index (χ4n) is 2.43. The highest BCUT2D eigenvalue weighted by Gasteiger charge is 2.17. The first-order valence-corrected chi connectivity index (χ1v) is 7.29. The lowest BCUT2D eigenvalue weighted by Gasteiger charge is -2.20. The summed E-state index contributed by atoms with van der Waals surface area (Å²) >= 11 is 11.8. The van der Waals surface area contributed by atoms with E-state index in [9.17, 15) is 5.11 Å². The van der Waals surface area contributed by atoms with E-state index >= 15 is 0 Å². The Morgan fingerprint density at radius 2 is 2.06 bits per heavy atom. The Morgan fingerprint density at radius 3 is 2.83 bits per heavy atom. The molecule has 1 saturated heterocycles. The van der Waals surface area contributed by atoms with E-state index in [0.29, 0.717) is 16.1 Å². The lowest BCUT2D eigenvalue weighted by atomic mass is 9.99. The summed E-state index contributed by atoms with van der Waals surface area (Å²) in [6.45, 7) is 1.05. The predicted molar refractivity (Wildman–Crippen MR) is 76.3 cm³/mol. The van der Waals surface area contributed by atoms with Crippen LogP contribution in [-0.4, -0.2) is 17.7 Å². The average molecular weight is 288 g/mol. The van der Waals surface area contributed by atoms with Crippen LogP contribution < -0.4 is 5.32 Å². The van der Waals surface area contributed by atoms with E-state index in [1.807, 2.05) is 6.07 Å².